The lowest BCUT2D eigenvalue weighted by molar-refractivity contribution is 0.0689. The summed E-state index contributed by atoms with van der Waals surface area (Å²) in [5.41, 5.74) is 6.54. The third-order valence-corrected chi connectivity index (χ3v) is 5.87. The summed E-state index contributed by atoms with van der Waals surface area (Å²) >= 11 is 1.49. The molecule has 4 rings (SSSR count). The molecule has 1 atom stereocenters. The Balaban J connectivity index is 1.72. The molecule has 6 heteroatoms. The van der Waals surface area contributed by atoms with Crippen molar-refractivity contribution in [2.75, 3.05) is 0 Å². The number of nitriles is 2. The van der Waals surface area contributed by atoms with Gasteiger partial charge < -0.3 is 4.74 Å². The van der Waals surface area contributed by atoms with Gasteiger partial charge in [-0.1, -0.05) is 42.5 Å². The summed E-state index contributed by atoms with van der Waals surface area (Å²) < 4.78 is 6.29. The molecule has 0 aliphatic heterocycles. The van der Waals surface area contributed by atoms with Crippen LogP contribution in [-0.4, -0.2) is 11.3 Å². The van der Waals surface area contributed by atoms with Crippen molar-refractivity contribution in [2.24, 2.45) is 0 Å². The zero-order valence-electron chi connectivity index (χ0n) is 16.9. The molecule has 0 aliphatic carbocycles. The summed E-state index contributed by atoms with van der Waals surface area (Å²) in [6.45, 7) is 0.342. The summed E-state index contributed by atoms with van der Waals surface area (Å²) in [6, 6.07) is 24.3. The maximum atomic E-state index is 11.6. The van der Waals surface area contributed by atoms with Crippen LogP contribution in [0.15, 0.2) is 78.4 Å². The average Bonchev–Trinajstić information content (AvgIpc) is 3.39. The Kier molecular flexibility index (Phi) is 6.48. The highest BCUT2D eigenvalue weighted by molar-refractivity contribution is 7.09. The molecule has 32 heavy (non-hydrogen) atoms. The normalized spacial score (nSPS) is 11.3. The number of rotatable bonds is 7. The van der Waals surface area contributed by atoms with Crippen LogP contribution in [0.3, 0.4) is 0 Å². The van der Waals surface area contributed by atoms with Crippen molar-refractivity contribution in [1.82, 2.24) is 4.98 Å². The summed E-state index contributed by atoms with van der Waals surface area (Å²) in [6.07, 6.45) is 2.17. The Hall–Kier alpha value is -4.10. The first-order valence-electron chi connectivity index (χ1n) is 9.81. The van der Waals surface area contributed by atoms with E-state index in [9.17, 15) is 10.1 Å². The number of aromatic nitrogens is 1. The minimum atomic E-state index is -0.395. The Morgan fingerprint density at radius 2 is 1.81 bits per heavy atom. The number of carbonyl (C=O) groups is 1. The van der Waals surface area contributed by atoms with Crippen molar-refractivity contribution < 1.29 is 9.53 Å². The van der Waals surface area contributed by atoms with E-state index < -0.39 is 6.10 Å². The first-order valence-corrected chi connectivity index (χ1v) is 10.7. The molecule has 0 saturated carbocycles. The van der Waals surface area contributed by atoms with E-state index in [-0.39, 0.29) is 0 Å². The quantitative estimate of drug-likeness (QED) is 0.349. The molecule has 0 amide bonds. The number of hydrogen-bond acceptors (Lipinski definition) is 6. The molecule has 0 bridgehead atoms. The minimum Gasteiger partial charge on any atom is -0.363 e. The van der Waals surface area contributed by atoms with Crippen molar-refractivity contribution in [2.45, 2.75) is 12.7 Å². The highest BCUT2D eigenvalue weighted by Crippen LogP contribution is 2.34. The lowest BCUT2D eigenvalue weighted by Crippen LogP contribution is -2.06. The molecule has 1 unspecified atom stereocenters. The number of carbonyl (C=O) groups excluding carboxylic acids is 1. The summed E-state index contributed by atoms with van der Waals surface area (Å²) in [7, 11) is 0. The zero-order valence-corrected chi connectivity index (χ0v) is 17.8. The largest absolute Gasteiger partial charge is 0.363 e. The average molecular weight is 436 g/mol. The van der Waals surface area contributed by atoms with Gasteiger partial charge in [-0.05, 0) is 41.0 Å². The van der Waals surface area contributed by atoms with E-state index in [1.54, 1.807) is 42.0 Å². The molecule has 3 aromatic carbocycles. The van der Waals surface area contributed by atoms with Crippen molar-refractivity contribution in [3.8, 4) is 23.3 Å². The fourth-order valence-corrected chi connectivity index (χ4v) is 4.14. The lowest BCUT2D eigenvalue weighted by Gasteiger charge is -2.19. The number of nitrogens with zero attached hydrogens (tertiary/aromatic N) is 3. The van der Waals surface area contributed by atoms with E-state index in [0.29, 0.717) is 34.4 Å². The van der Waals surface area contributed by atoms with E-state index in [4.69, 9.17) is 10.00 Å². The number of aldehydes is 1. The number of ether oxygens (including phenoxy) is 1. The van der Waals surface area contributed by atoms with Crippen LogP contribution in [0.2, 0.25) is 0 Å². The third kappa shape index (κ3) is 4.48. The summed E-state index contributed by atoms with van der Waals surface area (Å²) in [5, 5.41) is 18.6. The van der Waals surface area contributed by atoms with Crippen LogP contribution in [0.25, 0.3) is 11.1 Å². The molecular formula is C26H17N3O2S. The molecule has 0 saturated heterocycles. The van der Waals surface area contributed by atoms with Gasteiger partial charge >= 0.3 is 0 Å². The van der Waals surface area contributed by atoms with Gasteiger partial charge in [0.1, 0.15) is 6.10 Å². The van der Waals surface area contributed by atoms with Crippen molar-refractivity contribution in [1.29, 1.82) is 10.5 Å². The van der Waals surface area contributed by atoms with Gasteiger partial charge in [-0.3, -0.25) is 9.78 Å². The van der Waals surface area contributed by atoms with Crippen LogP contribution < -0.4 is 0 Å². The Morgan fingerprint density at radius 3 is 2.50 bits per heavy atom. The number of benzene rings is 3. The zero-order chi connectivity index (χ0) is 22.3. The van der Waals surface area contributed by atoms with Gasteiger partial charge in [-0.25, -0.2) is 0 Å². The summed E-state index contributed by atoms with van der Waals surface area (Å²) in [5.74, 6) is 0. The molecule has 4 aromatic rings. The minimum absolute atomic E-state index is 0.342. The van der Waals surface area contributed by atoms with Crippen LogP contribution in [-0.2, 0) is 11.3 Å². The highest BCUT2D eigenvalue weighted by Gasteiger charge is 2.20. The lowest BCUT2D eigenvalue weighted by atomic mass is 9.93. The van der Waals surface area contributed by atoms with Gasteiger partial charge in [-0.2, -0.15) is 10.5 Å². The monoisotopic (exact) mass is 435 g/mol. The molecule has 0 fully saturated rings. The highest BCUT2D eigenvalue weighted by atomic mass is 32.1. The van der Waals surface area contributed by atoms with Crippen molar-refractivity contribution in [3.63, 3.8) is 0 Å². The predicted molar refractivity (Wildman–Crippen MR) is 122 cm³/mol. The predicted octanol–water partition coefficient (Wildman–Crippen LogP) is 5.67. The van der Waals surface area contributed by atoms with E-state index in [1.807, 2.05) is 36.4 Å². The van der Waals surface area contributed by atoms with Crippen LogP contribution in [0.1, 0.15) is 43.6 Å². The molecule has 1 heterocycles. The van der Waals surface area contributed by atoms with Crippen LogP contribution in [0.4, 0.5) is 0 Å². The van der Waals surface area contributed by atoms with Crippen LogP contribution in [0, 0.1) is 22.7 Å². The van der Waals surface area contributed by atoms with Gasteiger partial charge in [0.25, 0.3) is 0 Å². The molecule has 5 nitrogen and oxygen atoms in total. The van der Waals surface area contributed by atoms with Crippen LogP contribution >= 0.6 is 11.3 Å². The fraction of sp³-hybridized carbons (Fsp3) is 0.0769. The van der Waals surface area contributed by atoms with Gasteiger partial charge in [-0.15, -0.1) is 11.3 Å². The van der Waals surface area contributed by atoms with Crippen molar-refractivity contribution >= 4 is 17.6 Å². The van der Waals surface area contributed by atoms with Gasteiger partial charge in [0.15, 0.2) is 6.29 Å². The topological polar surface area (TPSA) is 86.8 Å². The first-order chi connectivity index (χ1) is 15.7. The van der Waals surface area contributed by atoms with Gasteiger partial charge in [0, 0.05) is 17.3 Å². The van der Waals surface area contributed by atoms with E-state index >= 15 is 0 Å². The second kappa shape index (κ2) is 9.80. The molecule has 0 radical (unpaired) electrons. The number of hydrogen-bond donors (Lipinski definition) is 0. The van der Waals surface area contributed by atoms with E-state index in [2.05, 4.69) is 17.1 Å². The summed E-state index contributed by atoms with van der Waals surface area (Å²) in [4.78, 5) is 16.7. The Bertz CT molecular complexity index is 1320. The fourth-order valence-electron chi connectivity index (χ4n) is 3.44. The van der Waals surface area contributed by atoms with Crippen LogP contribution in [0.5, 0.6) is 0 Å². The van der Waals surface area contributed by atoms with E-state index in [1.165, 1.54) is 11.3 Å². The second-order valence-corrected chi connectivity index (χ2v) is 7.94. The smallest absolute Gasteiger partial charge is 0.150 e. The second-order valence-electron chi connectivity index (χ2n) is 7.03. The molecular weight excluding hydrogens is 418 g/mol. The van der Waals surface area contributed by atoms with Crippen molar-refractivity contribution in [3.05, 3.63) is 111 Å². The molecule has 154 valence electrons. The molecule has 0 spiro atoms. The molecule has 0 N–H and O–H groups in total. The maximum Gasteiger partial charge on any atom is 0.150 e. The third-order valence-electron chi connectivity index (χ3n) is 5.05. The first kappa shape index (κ1) is 21.1. The molecule has 0 aliphatic rings. The molecule has 1 aromatic heterocycles. The van der Waals surface area contributed by atoms with E-state index in [0.717, 1.165) is 22.3 Å². The SMILES string of the molecule is N#Cc1ccc(COC(c2ccc(C#N)c(-c3ccccc3C=O)c2)c2cncs2)cc1. The standard InChI is InChI=1S/C26H17N3O2S/c27-12-18-5-7-19(8-6-18)16-31-26(25-14-29-17-32-25)20-9-10-21(13-28)24(11-20)23-4-2-1-3-22(23)15-30/h1-11,14-15,17,26H,16H2. The Labute approximate surface area is 189 Å². The number of thiazole rings is 1. The Morgan fingerprint density at radius 1 is 1.00 bits per heavy atom. The van der Waals surface area contributed by atoms with Gasteiger partial charge in [0.2, 0.25) is 0 Å². The van der Waals surface area contributed by atoms with Gasteiger partial charge in [0.05, 0.1) is 40.3 Å². The maximum absolute atomic E-state index is 11.6.